The Bertz CT molecular complexity index is 802. The Morgan fingerprint density at radius 2 is 1.89 bits per heavy atom. The molecular formula is C20H25N2O4S-. The third-order valence-corrected chi connectivity index (χ3v) is 8.09. The predicted octanol–water partition coefficient (Wildman–Crippen LogP) is 1.71. The third kappa shape index (κ3) is 3.06. The van der Waals surface area contributed by atoms with Crippen LogP contribution in [0.25, 0.3) is 0 Å². The van der Waals surface area contributed by atoms with E-state index in [4.69, 9.17) is 5.73 Å². The van der Waals surface area contributed by atoms with Crippen LogP contribution in [-0.2, 0) is 22.4 Å². The quantitative estimate of drug-likeness (QED) is 0.798. The molecule has 0 radical (unpaired) electrons. The van der Waals surface area contributed by atoms with Crippen LogP contribution >= 0.6 is 11.3 Å². The topological polar surface area (TPSA) is 112 Å². The molecule has 2 bridgehead atoms. The number of hydrogen-bond acceptors (Lipinski definition) is 5. The van der Waals surface area contributed by atoms with Gasteiger partial charge in [0.15, 0.2) is 0 Å². The fraction of sp³-hybridized carbons (Fsp3) is 0.650. The number of carboxylic acids is 1. The number of thiophene rings is 1. The van der Waals surface area contributed by atoms with Crippen molar-refractivity contribution >= 4 is 34.1 Å². The number of hydrogen-bond donors (Lipinski definition) is 2. The second-order valence-electron chi connectivity index (χ2n) is 8.28. The molecule has 0 aromatic carbocycles. The van der Waals surface area contributed by atoms with Gasteiger partial charge in [-0.2, -0.15) is 0 Å². The minimum absolute atomic E-state index is 0.0354. The molecular weight excluding hydrogens is 364 g/mol. The van der Waals surface area contributed by atoms with Gasteiger partial charge in [0.05, 0.1) is 5.56 Å². The lowest BCUT2D eigenvalue weighted by Crippen LogP contribution is -2.44. The Morgan fingerprint density at radius 1 is 1.19 bits per heavy atom. The highest BCUT2D eigenvalue weighted by Gasteiger charge is 2.51. The number of carboxylic acid groups (broad SMARTS) is 1. The summed E-state index contributed by atoms with van der Waals surface area (Å²) in [6.45, 7) is 2.16. The molecule has 3 N–H and O–H groups in total. The lowest BCUT2D eigenvalue weighted by molar-refractivity contribution is -0.314. The predicted molar refractivity (Wildman–Crippen MR) is 100 cm³/mol. The van der Waals surface area contributed by atoms with E-state index in [0.717, 1.165) is 55.4 Å². The van der Waals surface area contributed by atoms with Crippen molar-refractivity contribution in [1.82, 2.24) is 0 Å². The number of aliphatic carboxylic acids is 1. The van der Waals surface area contributed by atoms with Crippen LogP contribution in [0.4, 0.5) is 5.00 Å². The molecule has 4 rings (SSSR count). The van der Waals surface area contributed by atoms with E-state index in [1.807, 2.05) is 0 Å². The van der Waals surface area contributed by atoms with Crippen LogP contribution in [-0.4, -0.2) is 17.8 Å². The van der Waals surface area contributed by atoms with E-state index in [0.29, 0.717) is 16.5 Å². The summed E-state index contributed by atoms with van der Waals surface area (Å²) < 4.78 is 0. The summed E-state index contributed by atoms with van der Waals surface area (Å²) in [5.74, 6) is -2.53. The number of carbonyl (C=O) groups is 3. The molecule has 7 heteroatoms. The Labute approximate surface area is 162 Å². The maximum atomic E-state index is 13.0. The van der Waals surface area contributed by atoms with E-state index in [1.54, 1.807) is 0 Å². The Balaban J connectivity index is 1.61. The SMILES string of the molecule is CC[C@H]1CCc2c(sc(NC(=O)[C@H]3[C@@H]4CC[C@@H](C4)[C@@H]3C(=O)[O-])c2C(N)=O)C1. The number of primary amides is 1. The van der Waals surface area contributed by atoms with Crippen LogP contribution < -0.4 is 16.2 Å². The number of anilines is 1. The highest BCUT2D eigenvalue weighted by atomic mass is 32.1. The normalized spacial score (nSPS) is 31.5. The summed E-state index contributed by atoms with van der Waals surface area (Å²) in [6, 6.07) is 0. The van der Waals surface area contributed by atoms with Gasteiger partial charge in [-0.1, -0.05) is 13.3 Å². The Morgan fingerprint density at radius 3 is 2.52 bits per heavy atom. The lowest BCUT2D eigenvalue weighted by Gasteiger charge is -2.30. The van der Waals surface area contributed by atoms with Gasteiger partial charge in [-0.15, -0.1) is 11.3 Å². The number of nitrogens with two attached hydrogens (primary N) is 1. The minimum atomic E-state index is -1.13. The maximum absolute atomic E-state index is 13.0. The molecule has 0 saturated heterocycles. The zero-order valence-electron chi connectivity index (χ0n) is 15.5. The van der Waals surface area contributed by atoms with Gasteiger partial charge >= 0.3 is 0 Å². The minimum Gasteiger partial charge on any atom is -0.550 e. The molecule has 2 amide bonds. The van der Waals surface area contributed by atoms with Crippen molar-refractivity contribution in [3.8, 4) is 0 Å². The first-order valence-corrected chi connectivity index (χ1v) is 10.7. The molecule has 27 heavy (non-hydrogen) atoms. The van der Waals surface area contributed by atoms with Gasteiger partial charge in [-0.3, -0.25) is 9.59 Å². The Hall–Kier alpha value is -1.89. The van der Waals surface area contributed by atoms with Gasteiger partial charge in [-0.25, -0.2) is 0 Å². The number of rotatable bonds is 5. The van der Waals surface area contributed by atoms with Gasteiger partial charge in [0.1, 0.15) is 5.00 Å². The van der Waals surface area contributed by atoms with E-state index >= 15 is 0 Å². The van der Waals surface area contributed by atoms with Crippen LogP contribution in [0.5, 0.6) is 0 Å². The van der Waals surface area contributed by atoms with E-state index < -0.39 is 23.7 Å². The fourth-order valence-electron chi connectivity index (χ4n) is 5.55. The van der Waals surface area contributed by atoms with Crippen molar-refractivity contribution in [2.45, 2.75) is 51.9 Å². The smallest absolute Gasteiger partial charge is 0.251 e. The van der Waals surface area contributed by atoms with Gasteiger partial charge in [0.25, 0.3) is 5.91 Å². The van der Waals surface area contributed by atoms with Crippen LogP contribution in [0.15, 0.2) is 0 Å². The van der Waals surface area contributed by atoms with Crippen molar-refractivity contribution in [2.75, 3.05) is 5.32 Å². The van der Waals surface area contributed by atoms with Crippen LogP contribution in [0, 0.1) is 29.6 Å². The highest BCUT2D eigenvalue weighted by Crippen LogP contribution is 2.52. The highest BCUT2D eigenvalue weighted by molar-refractivity contribution is 7.17. The summed E-state index contributed by atoms with van der Waals surface area (Å²) in [5, 5.41) is 15.0. The lowest BCUT2D eigenvalue weighted by atomic mass is 9.78. The molecule has 0 unspecified atom stereocenters. The van der Waals surface area contributed by atoms with E-state index in [9.17, 15) is 19.5 Å². The van der Waals surface area contributed by atoms with E-state index in [-0.39, 0.29) is 17.7 Å². The van der Waals surface area contributed by atoms with Crippen molar-refractivity contribution in [1.29, 1.82) is 0 Å². The first kappa shape index (κ1) is 18.5. The summed E-state index contributed by atoms with van der Waals surface area (Å²) in [6.07, 6.45) is 6.32. The van der Waals surface area contributed by atoms with Crippen LogP contribution in [0.1, 0.15) is 59.8 Å². The Kier molecular flexibility index (Phi) is 4.74. The van der Waals surface area contributed by atoms with Gasteiger partial charge < -0.3 is 21.0 Å². The van der Waals surface area contributed by atoms with Gasteiger partial charge in [-0.05, 0) is 61.8 Å². The molecule has 146 valence electrons. The van der Waals surface area contributed by atoms with Crippen molar-refractivity contribution < 1.29 is 19.5 Å². The molecule has 1 aromatic heterocycles. The van der Waals surface area contributed by atoms with Gasteiger partial charge in [0.2, 0.25) is 5.91 Å². The monoisotopic (exact) mass is 389 g/mol. The largest absolute Gasteiger partial charge is 0.550 e. The molecule has 5 atom stereocenters. The molecule has 2 fully saturated rings. The zero-order chi connectivity index (χ0) is 19.3. The number of fused-ring (bicyclic) bond motifs is 3. The first-order valence-electron chi connectivity index (χ1n) is 9.86. The fourth-order valence-corrected chi connectivity index (χ4v) is 6.92. The molecule has 0 spiro atoms. The van der Waals surface area contributed by atoms with Crippen molar-refractivity contribution in [3.63, 3.8) is 0 Å². The molecule has 1 aromatic rings. The van der Waals surface area contributed by atoms with Gasteiger partial charge in [0, 0.05) is 22.7 Å². The maximum Gasteiger partial charge on any atom is 0.251 e. The molecule has 3 aliphatic carbocycles. The zero-order valence-corrected chi connectivity index (χ0v) is 16.3. The summed E-state index contributed by atoms with van der Waals surface area (Å²) in [7, 11) is 0. The van der Waals surface area contributed by atoms with Crippen LogP contribution in [0.3, 0.4) is 0 Å². The molecule has 6 nitrogen and oxygen atoms in total. The van der Waals surface area contributed by atoms with E-state index in [2.05, 4.69) is 12.2 Å². The number of amides is 2. The average molecular weight is 389 g/mol. The summed E-state index contributed by atoms with van der Waals surface area (Å²) >= 11 is 1.43. The molecule has 2 saturated carbocycles. The van der Waals surface area contributed by atoms with E-state index in [1.165, 1.54) is 11.3 Å². The standard InChI is InChI=1S/C20H26N2O4S/c1-2-9-3-6-12-13(7-9)27-19(16(12)17(21)23)22-18(24)14-10-4-5-11(8-10)15(14)20(25)26/h9-11,14-15H,2-8H2,1H3,(H2,21,23)(H,22,24)(H,25,26)/p-1/t9-,10+,11-,14-,15-/m0/s1. The van der Waals surface area contributed by atoms with Crippen molar-refractivity contribution in [3.05, 3.63) is 16.0 Å². The first-order chi connectivity index (χ1) is 12.9. The second kappa shape index (κ2) is 6.93. The molecule has 0 aliphatic heterocycles. The molecule has 1 heterocycles. The molecule has 3 aliphatic rings. The summed E-state index contributed by atoms with van der Waals surface area (Å²) in [4.78, 5) is 37.8. The number of carbonyl (C=O) groups excluding carboxylic acids is 3. The third-order valence-electron chi connectivity index (χ3n) is 6.92. The average Bonchev–Trinajstić information content (AvgIpc) is 3.32. The summed E-state index contributed by atoms with van der Waals surface area (Å²) in [5.41, 5.74) is 7.02. The van der Waals surface area contributed by atoms with Crippen LogP contribution in [0.2, 0.25) is 0 Å². The van der Waals surface area contributed by atoms with Crippen molar-refractivity contribution in [2.24, 2.45) is 35.3 Å². The number of nitrogens with one attached hydrogen (secondary N) is 1. The second-order valence-corrected chi connectivity index (χ2v) is 9.39.